The Morgan fingerprint density at radius 1 is 1.04 bits per heavy atom. The van der Waals surface area contributed by atoms with Gasteiger partial charge >= 0.3 is 5.97 Å². The predicted molar refractivity (Wildman–Crippen MR) is 97.4 cm³/mol. The molecule has 0 spiro atoms. The van der Waals surface area contributed by atoms with Crippen molar-refractivity contribution in [3.8, 4) is 0 Å². The van der Waals surface area contributed by atoms with Crippen molar-refractivity contribution in [3.63, 3.8) is 0 Å². The van der Waals surface area contributed by atoms with Crippen LogP contribution in [0.4, 0.5) is 0 Å². The molecule has 0 amide bonds. The summed E-state index contributed by atoms with van der Waals surface area (Å²) >= 11 is 0. The molecule has 0 aliphatic carbocycles. The Morgan fingerprint density at radius 3 is 2.00 bits per heavy atom. The quantitative estimate of drug-likeness (QED) is 0.851. The maximum absolute atomic E-state index is 12.8. The summed E-state index contributed by atoms with van der Waals surface area (Å²) in [5.74, 6) is -0.790. The summed E-state index contributed by atoms with van der Waals surface area (Å²) in [5, 5.41) is 10.7. The Labute approximate surface area is 149 Å². The fourth-order valence-corrected chi connectivity index (χ4v) is 3.22. The second kappa shape index (κ2) is 7.81. The number of hydrogen-bond acceptors (Lipinski definition) is 4. The first-order chi connectivity index (χ1) is 12.1. The molecule has 0 aromatic heterocycles. The molecule has 3 rings (SSSR count). The van der Waals surface area contributed by atoms with Crippen molar-refractivity contribution < 1.29 is 14.6 Å². The number of piperidine rings is 1. The Hall–Kier alpha value is -2.17. The predicted octanol–water partition coefficient (Wildman–Crippen LogP) is 2.82. The molecule has 1 saturated heterocycles. The second-order valence-electron chi connectivity index (χ2n) is 6.89. The van der Waals surface area contributed by atoms with Gasteiger partial charge in [0.15, 0.2) is 0 Å². The van der Waals surface area contributed by atoms with Crippen LogP contribution < -0.4 is 0 Å². The van der Waals surface area contributed by atoms with Crippen molar-refractivity contribution in [1.82, 2.24) is 4.90 Å². The summed E-state index contributed by atoms with van der Waals surface area (Å²) in [4.78, 5) is 15.0. The highest BCUT2D eigenvalue weighted by Crippen LogP contribution is 2.28. The Morgan fingerprint density at radius 2 is 1.52 bits per heavy atom. The van der Waals surface area contributed by atoms with Crippen LogP contribution in [-0.2, 0) is 9.53 Å². The fourth-order valence-electron chi connectivity index (χ4n) is 3.22. The van der Waals surface area contributed by atoms with Crippen LogP contribution in [0.15, 0.2) is 60.7 Å². The van der Waals surface area contributed by atoms with Gasteiger partial charge in [-0.25, -0.2) is 0 Å². The average molecular weight is 339 g/mol. The van der Waals surface area contributed by atoms with Crippen molar-refractivity contribution in [2.24, 2.45) is 0 Å². The number of aliphatic hydroxyl groups is 1. The van der Waals surface area contributed by atoms with Crippen molar-refractivity contribution >= 4 is 5.97 Å². The molecule has 25 heavy (non-hydrogen) atoms. The Kier molecular flexibility index (Phi) is 5.51. The monoisotopic (exact) mass is 339 g/mol. The summed E-state index contributed by atoms with van der Waals surface area (Å²) in [6.45, 7) is 1.68. The maximum Gasteiger partial charge on any atom is 0.318 e. The minimum absolute atomic E-state index is 0.0514. The van der Waals surface area contributed by atoms with Gasteiger partial charge in [0.05, 0.1) is 0 Å². The molecule has 1 fully saturated rings. The first-order valence-corrected chi connectivity index (χ1v) is 8.75. The van der Waals surface area contributed by atoms with Gasteiger partial charge in [0, 0.05) is 13.1 Å². The first kappa shape index (κ1) is 17.6. The molecule has 0 atom stereocenters. The van der Waals surface area contributed by atoms with E-state index in [9.17, 15) is 9.90 Å². The number of hydrogen-bond donors (Lipinski definition) is 1. The van der Waals surface area contributed by atoms with Gasteiger partial charge in [-0.3, -0.25) is 4.79 Å². The Balaban J connectivity index is 1.74. The third kappa shape index (κ3) is 4.47. The van der Waals surface area contributed by atoms with E-state index in [0.717, 1.165) is 24.2 Å². The van der Waals surface area contributed by atoms with Crippen LogP contribution in [0, 0.1) is 0 Å². The molecule has 4 nitrogen and oxygen atoms in total. The highest BCUT2D eigenvalue weighted by atomic mass is 16.5. The topological polar surface area (TPSA) is 49.8 Å². The van der Waals surface area contributed by atoms with Crippen molar-refractivity contribution in [2.75, 3.05) is 26.7 Å². The normalized spacial score (nSPS) is 17.4. The molecule has 132 valence electrons. The van der Waals surface area contributed by atoms with E-state index in [1.54, 1.807) is 0 Å². The summed E-state index contributed by atoms with van der Waals surface area (Å²) in [6, 6.07) is 19.3. The number of benzene rings is 2. The van der Waals surface area contributed by atoms with Gasteiger partial charge in [-0.1, -0.05) is 60.7 Å². The molecule has 1 aliphatic rings. The van der Waals surface area contributed by atoms with E-state index in [0.29, 0.717) is 12.8 Å². The van der Waals surface area contributed by atoms with Crippen molar-refractivity contribution in [3.05, 3.63) is 71.8 Å². The van der Waals surface area contributed by atoms with Crippen LogP contribution in [0.25, 0.3) is 0 Å². The van der Waals surface area contributed by atoms with Gasteiger partial charge in [0.25, 0.3) is 0 Å². The van der Waals surface area contributed by atoms with Crippen LogP contribution in [0.3, 0.4) is 0 Å². The minimum Gasteiger partial charge on any atom is -0.462 e. The molecular weight excluding hydrogens is 314 g/mol. The highest BCUT2D eigenvalue weighted by molar-refractivity contribution is 5.82. The number of carbonyl (C=O) groups is 1. The van der Waals surface area contributed by atoms with E-state index < -0.39 is 11.5 Å². The molecule has 0 unspecified atom stereocenters. The zero-order chi connectivity index (χ0) is 17.7. The van der Waals surface area contributed by atoms with Crippen molar-refractivity contribution in [1.29, 1.82) is 0 Å². The molecule has 1 aliphatic heterocycles. The van der Waals surface area contributed by atoms with E-state index in [4.69, 9.17) is 4.74 Å². The van der Waals surface area contributed by atoms with Crippen LogP contribution >= 0.6 is 0 Å². The number of likely N-dealkylation sites (tertiary alicyclic amines) is 1. The van der Waals surface area contributed by atoms with Crippen molar-refractivity contribution in [2.45, 2.75) is 24.4 Å². The summed E-state index contributed by atoms with van der Waals surface area (Å²) in [6.07, 6.45) is 1.25. The zero-order valence-corrected chi connectivity index (χ0v) is 14.6. The SMILES string of the molecule is CN1CCC(O)(COC(=O)C(c2ccccc2)c2ccccc2)CC1. The number of carbonyl (C=O) groups excluding carboxylic acids is 1. The fraction of sp³-hybridized carbons (Fsp3) is 0.381. The third-order valence-electron chi connectivity index (χ3n) is 4.90. The van der Waals surface area contributed by atoms with Gasteiger partial charge in [-0.15, -0.1) is 0 Å². The molecule has 2 aromatic rings. The van der Waals surface area contributed by atoms with Gasteiger partial charge in [-0.2, -0.15) is 0 Å². The number of esters is 1. The first-order valence-electron chi connectivity index (χ1n) is 8.75. The summed E-state index contributed by atoms with van der Waals surface area (Å²) in [7, 11) is 2.03. The van der Waals surface area contributed by atoms with Gasteiger partial charge in [0.2, 0.25) is 0 Å². The van der Waals surface area contributed by atoms with Crippen LogP contribution in [0.5, 0.6) is 0 Å². The standard InChI is InChI=1S/C21H25NO3/c1-22-14-12-21(24,13-15-22)16-25-20(23)19(17-8-4-2-5-9-17)18-10-6-3-7-11-18/h2-11,19,24H,12-16H2,1H3. The van der Waals surface area contributed by atoms with E-state index in [-0.39, 0.29) is 12.6 Å². The highest BCUT2D eigenvalue weighted by Gasteiger charge is 2.34. The largest absolute Gasteiger partial charge is 0.462 e. The number of nitrogens with zero attached hydrogens (tertiary/aromatic N) is 1. The lowest BCUT2D eigenvalue weighted by atomic mass is 9.90. The minimum atomic E-state index is -0.917. The molecule has 0 saturated carbocycles. The van der Waals surface area contributed by atoms with E-state index in [1.807, 2.05) is 67.7 Å². The molecule has 4 heteroatoms. The van der Waals surface area contributed by atoms with E-state index in [2.05, 4.69) is 4.90 Å². The van der Waals surface area contributed by atoms with Crippen LogP contribution in [0.2, 0.25) is 0 Å². The third-order valence-corrected chi connectivity index (χ3v) is 4.90. The lowest BCUT2D eigenvalue weighted by molar-refractivity contribution is -0.155. The molecule has 0 radical (unpaired) electrons. The molecule has 1 heterocycles. The lowest BCUT2D eigenvalue weighted by Crippen LogP contribution is -2.46. The Bertz CT molecular complexity index is 639. The van der Waals surface area contributed by atoms with E-state index >= 15 is 0 Å². The average Bonchev–Trinajstić information content (AvgIpc) is 2.65. The van der Waals surface area contributed by atoms with Crippen LogP contribution in [-0.4, -0.2) is 48.3 Å². The summed E-state index contributed by atoms with van der Waals surface area (Å²) in [5.41, 5.74) is 0.878. The lowest BCUT2D eigenvalue weighted by Gasteiger charge is -2.36. The molecule has 0 bridgehead atoms. The second-order valence-corrected chi connectivity index (χ2v) is 6.89. The van der Waals surface area contributed by atoms with Gasteiger partial charge in [0.1, 0.15) is 18.1 Å². The number of rotatable bonds is 5. The smallest absolute Gasteiger partial charge is 0.318 e. The summed E-state index contributed by atoms with van der Waals surface area (Å²) < 4.78 is 5.58. The molecular formula is C21H25NO3. The molecule has 2 aromatic carbocycles. The van der Waals surface area contributed by atoms with E-state index in [1.165, 1.54) is 0 Å². The van der Waals surface area contributed by atoms with Crippen LogP contribution in [0.1, 0.15) is 29.9 Å². The maximum atomic E-state index is 12.8. The van der Waals surface area contributed by atoms with Gasteiger partial charge in [-0.05, 0) is 31.0 Å². The number of ether oxygens (including phenoxy) is 1. The van der Waals surface area contributed by atoms with Gasteiger partial charge < -0.3 is 14.7 Å². The molecule has 1 N–H and O–H groups in total. The zero-order valence-electron chi connectivity index (χ0n) is 14.6.